The minimum Gasteiger partial charge on any atom is -0.243 e. The topological polar surface area (TPSA) is 0 Å². The van der Waals surface area contributed by atoms with E-state index >= 15 is 0 Å². The summed E-state index contributed by atoms with van der Waals surface area (Å²) in [5.41, 5.74) is 0. The van der Waals surface area contributed by atoms with E-state index in [-0.39, 0.29) is 0 Å². The summed E-state index contributed by atoms with van der Waals surface area (Å²) in [7, 11) is 0. The Hall–Kier alpha value is -0.650. The highest BCUT2D eigenvalue weighted by Crippen LogP contribution is 2.30. The molecule has 6 heteroatoms. The number of alkyl halides is 1. The van der Waals surface area contributed by atoms with Gasteiger partial charge in [0.05, 0.1) is 4.48 Å². The van der Waals surface area contributed by atoms with E-state index in [1.165, 1.54) is 0 Å². The van der Waals surface area contributed by atoms with Crippen LogP contribution < -0.4 is 0 Å². The Bertz CT molecular complexity index is 279. The first-order chi connectivity index (χ1) is 5.91. The molecule has 0 saturated heterocycles. The molecule has 0 aliphatic carbocycles. The number of allylic oxidation sites excluding steroid dienone is 5. The van der Waals surface area contributed by atoms with Crippen molar-refractivity contribution in [1.29, 1.82) is 0 Å². The molecule has 0 radical (unpaired) electrons. The van der Waals surface area contributed by atoms with Gasteiger partial charge in [-0.1, -0.05) is 6.58 Å². The number of hydrogen-bond donors (Lipinski definition) is 0. The largest absolute Gasteiger partial charge is 0.243 e. The van der Waals surface area contributed by atoms with Gasteiger partial charge in [0, 0.05) is 0 Å². The predicted octanol–water partition coefficient (Wildman–Crippen LogP) is 4.17. The molecule has 0 spiro atoms. The van der Waals surface area contributed by atoms with Crippen molar-refractivity contribution in [2.75, 3.05) is 6.67 Å². The molecule has 0 aromatic heterocycles. The third kappa shape index (κ3) is 3.30. The Morgan fingerprint density at radius 1 is 1.08 bits per heavy atom. The average Bonchev–Trinajstić information content (AvgIpc) is 2.12. The quantitative estimate of drug-likeness (QED) is 0.529. The van der Waals surface area contributed by atoms with Crippen LogP contribution in [0.1, 0.15) is 0 Å². The van der Waals surface area contributed by atoms with Gasteiger partial charge in [-0.3, -0.25) is 0 Å². The summed E-state index contributed by atoms with van der Waals surface area (Å²) in [5.74, 6) is -6.92. The summed E-state index contributed by atoms with van der Waals surface area (Å²) in [6.45, 7) is 0.779. The van der Waals surface area contributed by atoms with Crippen LogP contribution in [0.25, 0.3) is 0 Å². The van der Waals surface area contributed by atoms with Crippen LogP contribution in [0, 0.1) is 0 Å². The molecule has 0 N–H and O–H groups in total. The second-order valence-corrected chi connectivity index (χ2v) is 2.68. The van der Waals surface area contributed by atoms with Gasteiger partial charge in [0.15, 0.2) is 23.3 Å². The van der Waals surface area contributed by atoms with E-state index in [4.69, 9.17) is 0 Å². The van der Waals surface area contributed by atoms with Crippen molar-refractivity contribution in [3.05, 3.63) is 34.4 Å². The van der Waals surface area contributed by atoms with Crippen LogP contribution in [0.5, 0.6) is 0 Å². The number of halogens is 6. The number of hydrogen-bond acceptors (Lipinski definition) is 0. The first-order valence-corrected chi connectivity index (χ1v) is 3.71. The Kier molecular flexibility index (Phi) is 4.90. The van der Waals surface area contributed by atoms with E-state index in [2.05, 4.69) is 22.5 Å². The van der Waals surface area contributed by atoms with Crippen LogP contribution >= 0.6 is 15.9 Å². The van der Waals surface area contributed by atoms with Gasteiger partial charge >= 0.3 is 0 Å². The maximum atomic E-state index is 12.5. The Morgan fingerprint density at radius 3 is 1.85 bits per heavy atom. The van der Waals surface area contributed by atoms with Crippen molar-refractivity contribution >= 4 is 15.9 Å². The van der Waals surface area contributed by atoms with E-state index in [1.54, 1.807) is 0 Å². The average molecular weight is 263 g/mol. The first-order valence-electron chi connectivity index (χ1n) is 2.92. The molecule has 0 nitrogen and oxygen atoms in total. The molecule has 0 atom stereocenters. The van der Waals surface area contributed by atoms with Crippen molar-refractivity contribution in [2.45, 2.75) is 0 Å². The standard InChI is InChI=1S/C7H4BrF5/c1-3(10)6(12)5(8)7(13)4(11)2-9/h1-2H2/b6-5-,7-4-. The third-order valence-corrected chi connectivity index (χ3v) is 1.68. The normalized spacial score (nSPS) is 14.9. The molecule has 0 aliphatic heterocycles. The molecule has 0 rings (SSSR count). The lowest BCUT2D eigenvalue weighted by atomic mass is 10.3. The molecule has 0 saturated carbocycles. The molecule has 0 bridgehead atoms. The van der Waals surface area contributed by atoms with Crippen LogP contribution in [0.3, 0.4) is 0 Å². The first kappa shape index (κ1) is 12.3. The van der Waals surface area contributed by atoms with Gasteiger partial charge in [-0.2, -0.15) is 0 Å². The second kappa shape index (κ2) is 5.16. The Labute approximate surface area is 79.6 Å². The fourth-order valence-electron chi connectivity index (χ4n) is 0.393. The molecule has 74 valence electrons. The highest BCUT2D eigenvalue weighted by atomic mass is 79.9. The van der Waals surface area contributed by atoms with Gasteiger partial charge in [0.1, 0.15) is 6.67 Å². The van der Waals surface area contributed by atoms with Crippen LogP contribution in [0.15, 0.2) is 34.4 Å². The lowest BCUT2D eigenvalue weighted by Gasteiger charge is -1.98. The van der Waals surface area contributed by atoms with E-state index in [0.29, 0.717) is 0 Å². The maximum absolute atomic E-state index is 12.5. The van der Waals surface area contributed by atoms with Crippen molar-refractivity contribution in [3.8, 4) is 0 Å². The summed E-state index contributed by atoms with van der Waals surface area (Å²) in [4.78, 5) is 0. The minimum atomic E-state index is -1.82. The SMILES string of the molecule is C=C(F)/C(F)=C(Br)\C(F)=C(\F)CF. The third-order valence-electron chi connectivity index (χ3n) is 0.979. The minimum absolute atomic E-state index is 1.13. The van der Waals surface area contributed by atoms with Gasteiger partial charge in [-0.05, 0) is 15.9 Å². The zero-order valence-corrected chi connectivity index (χ0v) is 7.77. The van der Waals surface area contributed by atoms with Crippen molar-refractivity contribution in [1.82, 2.24) is 0 Å². The monoisotopic (exact) mass is 262 g/mol. The summed E-state index contributed by atoms with van der Waals surface area (Å²) in [6.07, 6.45) is 0. The van der Waals surface area contributed by atoms with Crippen LogP contribution in [0.4, 0.5) is 22.0 Å². The number of rotatable bonds is 3. The molecule has 0 aromatic carbocycles. The van der Waals surface area contributed by atoms with Crippen LogP contribution in [0.2, 0.25) is 0 Å². The zero-order valence-electron chi connectivity index (χ0n) is 6.18. The fraction of sp³-hybridized carbons (Fsp3) is 0.143. The van der Waals surface area contributed by atoms with E-state index in [9.17, 15) is 22.0 Å². The van der Waals surface area contributed by atoms with Crippen LogP contribution in [-0.2, 0) is 0 Å². The molecule has 0 amide bonds. The van der Waals surface area contributed by atoms with Crippen LogP contribution in [-0.4, -0.2) is 6.67 Å². The maximum Gasteiger partial charge on any atom is 0.175 e. The van der Waals surface area contributed by atoms with Gasteiger partial charge in [0.2, 0.25) is 0 Å². The fourth-order valence-corrected chi connectivity index (χ4v) is 0.823. The summed E-state index contributed by atoms with van der Waals surface area (Å²) in [5, 5.41) is 0. The molecule has 0 aromatic rings. The predicted molar refractivity (Wildman–Crippen MR) is 42.5 cm³/mol. The Morgan fingerprint density at radius 2 is 1.54 bits per heavy atom. The van der Waals surface area contributed by atoms with Gasteiger partial charge in [-0.15, -0.1) is 0 Å². The summed E-state index contributed by atoms with van der Waals surface area (Å²) < 4.78 is 59.5. The van der Waals surface area contributed by atoms with E-state index in [0.717, 1.165) is 0 Å². The lowest BCUT2D eigenvalue weighted by Crippen LogP contribution is -1.87. The highest BCUT2D eigenvalue weighted by molar-refractivity contribution is 9.12. The van der Waals surface area contributed by atoms with Gasteiger partial charge in [-0.25, -0.2) is 22.0 Å². The van der Waals surface area contributed by atoms with Crippen molar-refractivity contribution in [3.63, 3.8) is 0 Å². The molecule has 0 heterocycles. The molecular formula is C7H4BrF5. The van der Waals surface area contributed by atoms with Gasteiger partial charge in [0.25, 0.3) is 0 Å². The van der Waals surface area contributed by atoms with Crippen molar-refractivity contribution in [2.24, 2.45) is 0 Å². The zero-order chi connectivity index (χ0) is 10.6. The summed E-state index contributed by atoms with van der Waals surface area (Å²) >= 11 is 2.21. The van der Waals surface area contributed by atoms with Crippen molar-refractivity contribution < 1.29 is 22.0 Å². The lowest BCUT2D eigenvalue weighted by molar-refractivity contribution is 0.432. The van der Waals surface area contributed by atoms with E-state index in [1.807, 2.05) is 0 Å². The smallest absolute Gasteiger partial charge is 0.175 e. The van der Waals surface area contributed by atoms with Gasteiger partial charge < -0.3 is 0 Å². The molecule has 0 fully saturated rings. The molecule has 13 heavy (non-hydrogen) atoms. The molecular weight excluding hydrogens is 259 g/mol. The highest BCUT2D eigenvalue weighted by Gasteiger charge is 2.16. The Balaban J connectivity index is 5.10. The summed E-state index contributed by atoms with van der Waals surface area (Å²) in [6, 6.07) is 0. The van der Waals surface area contributed by atoms with E-state index < -0.39 is 34.5 Å². The molecule has 0 unspecified atom stereocenters. The molecule has 0 aliphatic rings. The second-order valence-electron chi connectivity index (χ2n) is 1.89.